The van der Waals surface area contributed by atoms with Gasteiger partial charge in [0.1, 0.15) is 0 Å². The summed E-state index contributed by atoms with van der Waals surface area (Å²) in [6, 6.07) is 20.7. The summed E-state index contributed by atoms with van der Waals surface area (Å²) in [7, 11) is -3.69. The van der Waals surface area contributed by atoms with Crippen LogP contribution >= 0.6 is 11.8 Å². The minimum absolute atomic E-state index is 0.190. The molecule has 3 aromatic carbocycles. The molecule has 0 fully saturated rings. The Hall–Kier alpha value is -2.77. The number of nitrogens with one attached hydrogen (secondary N) is 2. The van der Waals surface area contributed by atoms with Crippen molar-refractivity contribution in [3.63, 3.8) is 0 Å². The van der Waals surface area contributed by atoms with Gasteiger partial charge in [-0.3, -0.25) is 0 Å². The van der Waals surface area contributed by atoms with Crippen LogP contribution in [-0.2, 0) is 10.0 Å². The normalized spacial score (nSPS) is 13.3. The zero-order valence-electron chi connectivity index (χ0n) is 15.4. The highest BCUT2D eigenvalue weighted by Crippen LogP contribution is 2.44. The lowest BCUT2D eigenvalue weighted by Crippen LogP contribution is -2.20. The highest BCUT2D eigenvalue weighted by molar-refractivity contribution is 7.99. The first-order chi connectivity index (χ1) is 13.4. The van der Waals surface area contributed by atoms with Gasteiger partial charge in [0, 0.05) is 9.79 Å². The van der Waals surface area contributed by atoms with E-state index < -0.39 is 10.0 Å². The molecule has 0 saturated carbocycles. The standard InChI is InChI=1S/C21H19N3O2S2/c1-14-7-10-17(11-8-14)28(25,26)24-23-15(2)16-9-12-21-19(13-16)22-18-5-3-4-6-20(18)27-21/h3-13,22,24H,1-2H3/b23-15+. The molecule has 2 N–H and O–H groups in total. The molecule has 0 aliphatic carbocycles. The fourth-order valence-corrected chi connectivity index (χ4v) is 4.65. The van der Waals surface area contributed by atoms with Crippen LogP contribution in [-0.4, -0.2) is 14.1 Å². The second-order valence-corrected chi connectivity index (χ2v) is 9.28. The Labute approximate surface area is 168 Å². The maximum absolute atomic E-state index is 12.4. The summed E-state index contributed by atoms with van der Waals surface area (Å²) in [6.07, 6.45) is 0. The smallest absolute Gasteiger partial charge is 0.276 e. The first-order valence-electron chi connectivity index (χ1n) is 8.73. The summed E-state index contributed by atoms with van der Waals surface area (Å²) in [4.78, 5) is 4.81. The summed E-state index contributed by atoms with van der Waals surface area (Å²) >= 11 is 1.71. The van der Waals surface area contributed by atoms with Crippen molar-refractivity contribution >= 4 is 38.9 Å². The van der Waals surface area contributed by atoms with E-state index in [9.17, 15) is 8.42 Å². The molecule has 0 unspecified atom stereocenters. The molecule has 0 saturated heterocycles. The zero-order chi connectivity index (χ0) is 19.7. The van der Waals surface area contributed by atoms with Crippen LogP contribution in [0.1, 0.15) is 18.1 Å². The van der Waals surface area contributed by atoms with Gasteiger partial charge in [-0.25, -0.2) is 0 Å². The second kappa shape index (κ2) is 7.33. The minimum Gasteiger partial charge on any atom is -0.354 e. The highest BCUT2D eigenvalue weighted by atomic mass is 32.2. The monoisotopic (exact) mass is 409 g/mol. The molecule has 1 heterocycles. The van der Waals surface area contributed by atoms with E-state index in [4.69, 9.17) is 0 Å². The van der Waals surface area contributed by atoms with Crippen molar-refractivity contribution < 1.29 is 8.42 Å². The molecule has 0 atom stereocenters. The van der Waals surface area contributed by atoms with E-state index in [0.717, 1.165) is 27.4 Å². The van der Waals surface area contributed by atoms with Crippen molar-refractivity contribution in [1.29, 1.82) is 0 Å². The number of fused-ring (bicyclic) bond motifs is 2. The number of sulfonamides is 1. The maximum Gasteiger partial charge on any atom is 0.276 e. The SMILES string of the molecule is C/C(=N\NS(=O)(=O)c1ccc(C)cc1)c1ccc2c(c1)Nc1ccccc1S2. The third-order valence-electron chi connectivity index (χ3n) is 4.44. The van der Waals surface area contributed by atoms with E-state index >= 15 is 0 Å². The van der Waals surface area contributed by atoms with E-state index in [-0.39, 0.29) is 4.90 Å². The Morgan fingerprint density at radius 3 is 2.46 bits per heavy atom. The Balaban J connectivity index is 1.56. The number of hydrogen-bond acceptors (Lipinski definition) is 5. The van der Waals surface area contributed by atoms with Gasteiger partial charge >= 0.3 is 0 Å². The number of nitrogens with zero attached hydrogens (tertiary/aromatic N) is 1. The first-order valence-corrected chi connectivity index (χ1v) is 11.0. The van der Waals surface area contributed by atoms with Gasteiger partial charge < -0.3 is 5.32 Å². The number of aryl methyl sites for hydroxylation is 1. The van der Waals surface area contributed by atoms with Crippen LogP contribution in [0.2, 0.25) is 0 Å². The predicted molar refractivity (Wildman–Crippen MR) is 114 cm³/mol. The summed E-state index contributed by atoms with van der Waals surface area (Å²) in [5.41, 5.74) is 4.48. The number of rotatable bonds is 4. The molecule has 0 radical (unpaired) electrons. The largest absolute Gasteiger partial charge is 0.354 e. The number of para-hydroxylation sites is 1. The lowest BCUT2D eigenvalue weighted by Gasteiger charge is -2.21. The van der Waals surface area contributed by atoms with Gasteiger partial charge in [-0.2, -0.15) is 18.4 Å². The third-order valence-corrected chi connectivity index (χ3v) is 6.81. The van der Waals surface area contributed by atoms with Crippen LogP contribution in [0.25, 0.3) is 0 Å². The highest BCUT2D eigenvalue weighted by Gasteiger charge is 2.16. The number of hydrogen-bond donors (Lipinski definition) is 2. The lowest BCUT2D eigenvalue weighted by atomic mass is 10.1. The molecule has 0 bridgehead atoms. The Morgan fingerprint density at radius 2 is 1.68 bits per heavy atom. The molecule has 0 spiro atoms. The topological polar surface area (TPSA) is 70.6 Å². The molecule has 7 heteroatoms. The van der Waals surface area contributed by atoms with Crippen LogP contribution in [0.5, 0.6) is 0 Å². The van der Waals surface area contributed by atoms with Crippen molar-refractivity contribution in [3.05, 3.63) is 77.9 Å². The minimum atomic E-state index is -3.69. The molecular weight excluding hydrogens is 390 g/mol. The zero-order valence-corrected chi connectivity index (χ0v) is 17.1. The lowest BCUT2D eigenvalue weighted by molar-refractivity contribution is 0.584. The van der Waals surface area contributed by atoms with Crippen LogP contribution in [0.4, 0.5) is 11.4 Å². The molecule has 4 rings (SSSR count). The van der Waals surface area contributed by atoms with Crippen LogP contribution < -0.4 is 10.1 Å². The third kappa shape index (κ3) is 3.76. The van der Waals surface area contributed by atoms with E-state index in [1.165, 1.54) is 4.90 Å². The van der Waals surface area contributed by atoms with Gasteiger partial charge in [0.05, 0.1) is 22.0 Å². The molecule has 0 amide bonds. The maximum atomic E-state index is 12.4. The molecule has 1 aliphatic heterocycles. The number of anilines is 2. The van der Waals surface area contributed by atoms with Crippen molar-refractivity contribution in [2.45, 2.75) is 28.5 Å². The fraction of sp³-hybridized carbons (Fsp3) is 0.0952. The van der Waals surface area contributed by atoms with Crippen molar-refractivity contribution in [1.82, 2.24) is 4.83 Å². The van der Waals surface area contributed by atoms with Gasteiger partial charge in [-0.1, -0.05) is 47.7 Å². The quantitative estimate of drug-likeness (QED) is 0.371. The number of hydrazone groups is 1. The second-order valence-electron chi connectivity index (χ2n) is 6.54. The van der Waals surface area contributed by atoms with Gasteiger partial charge in [0.2, 0.25) is 0 Å². The molecule has 142 valence electrons. The van der Waals surface area contributed by atoms with Gasteiger partial charge in [-0.15, -0.1) is 0 Å². The molecule has 0 aromatic heterocycles. The average Bonchev–Trinajstić information content (AvgIpc) is 2.70. The predicted octanol–water partition coefficient (Wildman–Crippen LogP) is 4.91. The molecule has 5 nitrogen and oxygen atoms in total. The summed E-state index contributed by atoms with van der Waals surface area (Å²) < 4.78 is 24.8. The Bertz CT molecular complexity index is 1170. The van der Waals surface area contributed by atoms with Crippen molar-refractivity contribution in [2.24, 2.45) is 5.10 Å². The molecule has 3 aromatic rings. The van der Waals surface area contributed by atoms with E-state index in [2.05, 4.69) is 21.3 Å². The average molecular weight is 410 g/mol. The molecular formula is C21H19N3O2S2. The van der Waals surface area contributed by atoms with Crippen LogP contribution in [0.3, 0.4) is 0 Å². The number of benzene rings is 3. The summed E-state index contributed by atoms with van der Waals surface area (Å²) in [5, 5.41) is 7.53. The summed E-state index contributed by atoms with van der Waals surface area (Å²) in [5.74, 6) is 0. The van der Waals surface area contributed by atoms with E-state index in [0.29, 0.717) is 5.71 Å². The van der Waals surface area contributed by atoms with Crippen molar-refractivity contribution in [3.8, 4) is 0 Å². The van der Waals surface area contributed by atoms with Gasteiger partial charge in [0.15, 0.2) is 0 Å². The Morgan fingerprint density at radius 1 is 0.964 bits per heavy atom. The van der Waals surface area contributed by atoms with E-state index in [1.807, 2.05) is 43.3 Å². The van der Waals surface area contributed by atoms with Gasteiger partial charge in [-0.05, 0) is 55.8 Å². The molecule has 1 aliphatic rings. The van der Waals surface area contributed by atoms with Gasteiger partial charge in [0.25, 0.3) is 10.0 Å². The van der Waals surface area contributed by atoms with Crippen LogP contribution in [0.15, 0.2) is 86.5 Å². The summed E-state index contributed by atoms with van der Waals surface area (Å²) in [6.45, 7) is 3.69. The van der Waals surface area contributed by atoms with Crippen molar-refractivity contribution in [2.75, 3.05) is 5.32 Å². The molecule has 28 heavy (non-hydrogen) atoms. The Kier molecular flexibility index (Phi) is 4.87. The fourth-order valence-electron chi connectivity index (χ4n) is 2.83. The van der Waals surface area contributed by atoms with Crippen LogP contribution in [0, 0.1) is 6.92 Å². The first kappa shape index (κ1) is 18.6. The van der Waals surface area contributed by atoms with E-state index in [1.54, 1.807) is 43.0 Å².